The molecule has 0 atom stereocenters. The molecule has 0 saturated carbocycles. The highest BCUT2D eigenvalue weighted by atomic mass is 19.1. The van der Waals surface area contributed by atoms with Crippen LogP contribution in [0.1, 0.15) is 41.8 Å². The van der Waals surface area contributed by atoms with Crippen LogP contribution in [0.25, 0.3) is 0 Å². The van der Waals surface area contributed by atoms with Gasteiger partial charge in [-0.1, -0.05) is 38.1 Å². The van der Waals surface area contributed by atoms with Crippen molar-refractivity contribution < 1.29 is 18.3 Å². The van der Waals surface area contributed by atoms with Gasteiger partial charge in [0.15, 0.2) is 0 Å². The van der Waals surface area contributed by atoms with Crippen LogP contribution in [0.3, 0.4) is 0 Å². The van der Waals surface area contributed by atoms with Crippen LogP contribution in [0.15, 0.2) is 54.7 Å². The number of rotatable bonds is 9. The van der Waals surface area contributed by atoms with E-state index < -0.39 is 0 Å². The fourth-order valence-electron chi connectivity index (χ4n) is 2.92. The Morgan fingerprint density at radius 3 is 2.43 bits per heavy atom. The van der Waals surface area contributed by atoms with Crippen LogP contribution in [0, 0.1) is 17.6 Å². The molecule has 0 radical (unpaired) electrons. The van der Waals surface area contributed by atoms with Crippen LogP contribution in [0.5, 0.6) is 5.88 Å². The molecule has 1 N–H and O–H groups in total. The van der Waals surface area contributed by atoms with Gasteiger partial charge < -0.3 is 10.1 Å². The van der Waals surface area contributed by atoms with Crippen molar-refractivity contribution in [2.75, 3.05) is 6.54 Å². The molecule has 5 nitrogen and oxygen atoms in total. The Balaban J connectivity index is 1.78. The molecule has 1 amide bonds. The highest BCUT2D eigenvalue weighted by Gasteiger charge is 2.18. The zero-order chi connectivity index (χ0) is 21.5. The summed E-state index contributed by atoms with van der Waals surface area (Å²) < 4.78 is 34.2. The van der Waals surface area contributed by atoms with E-state index in [1.807, 2.05) is 0 Å². The zero-order valence-electron chi connectivity index (χ0n) is 17.1. The van der Waals surface area contributed by atoms with Gasteiger partial charge in [0.2, 0.25) is 5.88 Å². The topological polar surface area (TPSA) is 56.2 Å². The van der Waals surface area contributed by atoms with E-state index in [0.29, 0.717) is 23.6 Å². The van der Waals surface area contributed by atoms with Gasteiger partial charge in [-0.3, -0.25) is 9.48 Å². The number of aromatic nitrogens is 2. The summed E-state index contributed by atoms with van der Waals surface area (Å²) in [6.45, 7) is 5.05. The SMILES string of the molecule is CC(C)CCNC(=O)c1cn(Cc2cccc(F)c2)nc1OCc1cccc(F)c1. The molecule has 0 bridgehead atoms. The molecule has 0 aliphatic carbocycles. The lowest BCUT2D eigenvalue weighted by Gasteiger charge is -2.08. The van der Waals surface area contributed by atoms with Crippen molar-refractivity contribution in [3.8, 4) is 5.88 Å². The molecule has 0 unspecified atom stereocenters. The number of hydrogen-bond donors (Lipinski definition) is 1. The third kappa shape index (κ3) is 6.14. The molecule has 30 heavy (non-hydrogen) atoms. The van der Waals surface area contributed by atoms with E-state index in [2.05, 4.69) is 24.3 Å². The van der Waals surface area contributed by atoms with E-state index in [4.69, 9.17) is 4.74 Å². The number of hydrogen-bond acceptors (Lipinski definition) is 3. The minimum absolute atomic E-state index is 0.0704. The fourth-order valence-corrected chi connectivity index (χ4v) is 2.92. The van der Waals surface area contributed by atoms with Gasteiger partial charge in [0, 0.05) is 12.7 Å². The van der Waals surface area contributed by atoms with Gasteiger partial charge >= 0.3 is 0 Å². The Bertz CT molecular complexity index is 1000. The van der Waals surface area contributed by atoms with E-state index in [9.17, 15) is 13.6 Å². The van der Waals surface area contributed by atoms with Crippen molar-refractivity contribution >= 4 is 5.91 Å². The lowest BCUT2D eigenvalue weighted by Crippen LogP contribution is -2.25. The van der Waals surface area contributed by atoms with Crippen LogP contribution < -0.4 is 10.1 Å². The van der Waals surface area contributed by atoms with E-state index in [0.717, 1.165) is 6.42 Å². The van der Waals surface area contributed by atoms with Gasteiger partial charge in [-0.2, -0.15) is 0 Å². The molecule has 3 rings (SSSR count). The molecular weight excluding hydrogens is 388 g/mol. The molecule has 158 valence electrons. The average molecular weight is 413 g/mol. The van der Waals surface area contributed by atoms with E-state index in [1.54, 1.807) is 30.5 Å². The van der Waals surface area contributed by atoms with E-state index in [-0.39, 0.29) is 42.1 Å². The van der Waals surface area contributed by atoms with Crippen molar-refractivity contribution in [1.29, 1.82) is 0 Å². The predicted molar refractivity (Wildman–Crippen MR) is 110 cm³/mol. The number of carbonyl (C=O) groups is 1. The molecule has 2 aromatic carbocycles. The maximum absolute atomic E-state index is 13.5. The average Bonchev–Trinajstić information content (AvgIpc) is 3.09. The first kappa shape index (κ1) is 21.5. The van der Waals surface area contributed by atoms with Gasteiger partial charge in [-0.15, -0.1) is 5.10 Å². The summed E-state index contributed by atoms with van der Waals surface area (Å²) in [5.41, 5.74) is 1.62. The summed E-state index contributed by atoms with van der Waals surface area (Å²) in [5.74, 6) is -0.383. The van der Waals surface area contributed by atoms with Crippen LogP contribution in [0.2, 0.25) is 0 Å². The van der Waals surface area contributed by atoms with Crippen LogP contribution in [-0.4, -0.2) is 22.2 Å². The van der Waals surface area contributed by atoms with Crippen molar-refractivity contribution in [3.05, 3.63) is 83.1 Å². The highest BCUT2D eigenvalue weighted by Crippen LogP contribution is 2.19. The van der Waals surface area contributed by atoms with Gasteiger partial charge in [-0.05, 0) is 47.7 Å². The van der Waals surface area contributed by atoms with Crippen molar-refractivity contribution in [3.63, 3.8) is 0 Å². The normalized spacial score (nSPS) is 11.0. The van der Waals surface area contributed by atoms with E-state index in [1.165, 1.54) is 28.9 Å². The number of carbonyl (C=O) groups excluding carboxylic acids is 1. The summed E-state index contributed by atoms with van der Waals surface area (Å²) in [7, 11) is 0. The zero-order valence-corrected chi connectivity index (χ0v) is 17.1. The first-order valence-electron chi connectivity index (χ1n) is 9.88. The smallest absolute Gasteiger partial charge is 0.258 e. The molecule has 0 spiro atoms. The van der Waals surface area contributed by atoms with Crippen molar-refractivity contribution in [1.82, 2.24) is 15.1 Å². The molecule has 3 aromatic rings. The van der Waals surface area contributed by atoms with Gasteiger partial charge in [-0.25, -0.2) is 8.78 Å². The van der Waals surface area contributed by atoms with Crippen LogP contribution >= 0.6 is 0 Å². The highest BCUT2D eigenvalue weighted by molar-refractivity contribution is 5.96. The maximum Gasteiger partial charge on any atom is 0.258 e. The minimum Gasteiger partial charge on any atom is -0.471 e. The summed E-state index contributed by atoms with van der Waals surface area (Å²) in [4.78, 5) is 12.7. The number of amides is 1. The summed E-state index contributed by atoms with van der Waals surface area (Å²) >= 11 is 0. The predicted octanol–water partition coefficient (Wildman–Crippen LogP) is 4.56. The van der Waals surface area contributed by atoms with Gasteiger partial charge in [0.05, 0.1) is 6.54 Å². The molecule has 0 aliphatic rings. The number of nitrogens with zero attached hydrogens (tertiary/aromatic N) is 2. The lowest BCUT2D eigenvalue weighted by atomic mass is 10.1. The molecule has 7 heteroatoms. The van der Waals surface area contributed by atoms with Crippen molar-refractivity contribution in [2.24, 2.45) is 5.92 Å². The Labute approximate surface area is 174 Å². The van der Waals surface area contributed by atoms with Crippen LogP contribution in [-0.2, 0) is 13.2 Å². The number of nitrogens with one attached hydrogen (secondary N) is 1. The number of benzene rings is 2. The molecule has 1 aromatic heterocycles. The first-order chi connectivity index (χ1) is 14.4. The fraction of sp³-hybridized carbons (Fsp3) is 0.304. The van der Waals surface area contributed by atoms with Crippen LogP contribution in [0.4, 0.5) is 8.78 Å². The Kier molecular flexibility index (Phi) is 7.17. The van der Waals surface area contributed by atoms with Gasteiger partial charge in [0.25, 0.3) is 5.91 Å². The second-order valence-corrected chi connectivity index (χ2v) is 7.53. The summed E-state index contributed by atoms with van der Waals surface area (Å²) in [6, 6.07) is 12.2. The Morgan fingerprint density at radius 2 is 1.77 bits per heavy atom. The second kappa shape index (κ2) is 10.0. The third-order valence-corrected chi connectivity index (χ3v) is 4.48. The third-order valence-electron chi connectivity index (χ3n) is 4.48. The van der Waals surface area contributed by atoms with Gasteiger partial charge in [0.1, 0.15) is 23.8 Å². The number of ether oxygens (including phenoxy) is 1. The lowest BCUT2D eigenvalue weighted by molar-refractivity contribution is 0.0947. The van der Waals surface area contributed by atoms with E-state index >= 15 is 0 Å². The molecular formula is C23H25F2N3O2. The number of halogens is 2. The monoisotopic (exact) mass is 413 g/mol. The maximum atomic E-state index is 13.5. The van der Waals surface area contributed by atoms with Crippen molar-refractivity contribution in [2.45, 2.75) is 33.4 Å². The molecule has 0 aliphatic heterocycles. The summed E-state index contributed by atoms with van der Waals surface area (Å²) in [6.07, 6.45) is 2.43. The quantitative estimate of drug-likeness (QED) is 0.559. The Morgan fingerprint density at radius 1 is 1.10 bits per heavy atom. The largest absolute Gasteiger partial charge is 0.471 e. The molecule has 1 heterocycles. The molecule has 0 fully saturated rings. The standard InChI is InChI=1S/C23H25F2N3O2/c1-16(2)9-10-26-22(29)21-14-28(13-17-5-3-7-19(24)11-17)27-23(21)30-15-18-6-4-8-20(25)12-18/h3-8,11-12,14,16H,9-10,13,15H2,1-2H3,(H,26,29). The summed E-state index contributed by atoms with van der Waals surface area (Å²) in [5, 5.41) is 7.23. The minimum atomic E-state index is -0.362. The second-order valence-electron chi connectivity index (χ2n) is 7.53. The Hall–Kier alpha value is -3.22. The molecule has 0 saturated heterocycles. The first-order valence-corrected chi connectivity index (χ1v) is 9.88.